The maximum Gasteiger partial charge on any atom is 0.329 e. The summed E-state index contributed by atoms with van der Waals surface area (Å²) in [6, 6.07) is -0.460. The quantitative estimate of drug-likeness (QED) is 0.642. The minimum absolute atomic E-state index is 0.154. The van der Waals surface area contributed by atoms with E-state index in [0.29, 0.717) is 31.9 Å². The second-order valence-corrected chi connectivity index (χ2v) is 5.70. The van der Waals surface area contributed by atoms with E-state index in [4.69, 9.17) is 9.84 Å². The van der Waals surface area contributed by atoms with Crippen LogP contribution in [0.1, 0.15) is 32.6 Å². The minimum Gasteiger partial charge on any atom is -0.480 e. The molecule has 0 saturated heterocycles. The van der Waals surface area contributed by atoms with Gasteiger partial charge >= 0.3 is 12.0 Å². The number of rotatable bonds is 7. The van der Waals surface area contributed by atoms with E-state index in [0.717, 1.165) is 12.8 Å². The molecule has 0 aromatic carbocycles. The summed E-state index contributed by atoms with van der Waals surface area (Å²) in [4.78, 5) is 25.3. The first-order chi connectivity index (χ1) is 9.95. The number of hydrogen-bond acceptors (Lipinski definition) is 4. The van der Waals surface area contributed by atoms with Gasteiger partial charge in [-0.25, -0.2) is 9.59 Å². The van der Waals surface area contributed by atoms with Crippen molar-refractivity contribution in [3.63, 3.8) is 0 Å². The predicted octanol–water partition coefficient (Wildman–Crippen LogP) is 0.670. The Morgan fingerprint density at radius 1 is 1.33 bits per heavy atom. The summed E-state index contributed by atoms with van der Waals surface area (Å²) in [5.74, 6) is -0.505. The molecule has 7 heteroatoms. The van der Waals surface area contributed by atoms with E-state index in [1.165, 1.54) is 12.0 Å². The van der Waals surface area contributed by atoms with Gasteiger partial charge in [0.1, 0.15) is 5.54 Å². The molecule has 0 aromatic heterocycles. The number of carbonyl (C=O) groups is 2. The molecule has 1 saturated carbocycles. The van der Waals surface area contributed by atoms with Crippen LogP contribution < -0.4 is 5.32 Å². The zero-order chi connectivity index (χ0) is 15.9. The van der Waals surface area contributed by atoms with Crippen LogP contribution in [-0.2, 0) is 9.53 Å². The number of amides is 2. The fraction of sp³-hybridized carbons (Fsp3) is 0.857. The molecule has 0 heterocycles. The van der Waals surface area contributed by atoms with E-state index < -0.39 is 17.5 Å². The second-order valence-electron chi connectivity index (χ2n) is 5.70. The Morgan fingerprint density at radius 2 is 1.95 bits per heavy atom. The molecule has 0 aliphatic heterocycles. The summed E-state index contributed by atoms with van der Waals surface area (Å²) in [6.45, 7) is 2.72. The number of aliphatic hydroxyl groups excluding tert-OH is 1. The van der Waals surface area contributed by atoms with E-state index in [1.807, 2.05) is 0 Å². The van der Waals surface area contributed by atoms with Crippen molar-refractivity contribution in [2.45, 2.75) is 38.1 Å². The maximum absolute atomic E-state index is 12.3. The molecule has 0 spiro atoms. The first kappa shape index (κ1) is 17.7. The molecule has 7 nitrogen and oxygen atoms in total. The standard InChI is InChI=1S/C14H26N2O5/c1-11-3-5-14(6-4-11,12(18)19)15-13(20)16(7-9-17)8-10-21-2/h11,17H,3-10H2,1-2H3,(H,15,20)(H,18,19). The molecular weight excluding hydrogens is 276 g/mol. The fourth-order valence-corrected chi connectivity index (χ4v) is 2.57. The van der Waals surface area contributed by atoms with E-state index in [1.54, 1.807) is 0 Å². The van der Waals surface area contributed by atoms with Crippen molar-refractivity contribution in [3.05, 3.63) is 0 Å². The number of carboxylic acids is 1. The average Bonchev–Trinajstić information content (AvgIpc) is 2.45. The van der Waals surface area contributed by atoms with Crippen LogP contribution in [0.2, 0.25) is 0 Å². The van der Waals surface area contributed by atoms with Crippen LogP contribution in [0.15, 0.2) is 0 Å². The highest BCUT2D eigenvalue weighted by Crippen LogP contribution is 2.32. The van der Waals surface area contributed by atoms with Gasteiger partial charge in [0.2, 0.25) is 0 Å². The van der Waals surface area contributed by atoms with Crippen LogP contribution in [0.25, 0.3) is 0 Å². The first-order valence-electron chi connectivity index (χ1n) is 7.35. The fourth-order valence-electron chi connectivity index (χ4n) is 2.57. The number of ether oxygens (including phenoxy) is 1. The minimum atomic E-state index is -1.19. The smallest absolute Gasteiger partial charge is 0.329 e. The van der Waals surface area contributed by atoms with Gasteiger partial charge in [-0.15, -0.1) is 0 Å². The third-order valence-corrected chi connectivity index (χ3v) is 4.11. The number of aliphatic carboxylic acids is 1. The van der Waals surface area contributed by atoms with Crippen LogP contribution in [0, 0.1) is 5.92 Å². The lowest BCUT2D eigenvalue weighted by Gasteiger charge is -2.38. The Balaban J connectivity index is 2.72. The number of nitrogens with zero attached hydrogens (tertiary/aromatic N) is 1. The number of methoxy groups -OCH3 is 1. The summed E-state index contributed by atoms with van der Waals surface area (Å²) in [5.41, 5.74) is -1.19. The lowest BCUT2D eigenvalue weighted by Crippen LogP contribution is -2.59. The monoisotopic (exact) mass is 302 g/mol. The molecule has 122 valence electrons. The van der Waals surface area contributed by atoms with Crippen molar-refractivity contribution in [3.8, 4) is 0 Å². The molecule has 3 N–H and O–H groups in total. The van der Waals surface area contributed by atoms with Gasteiger partial charge in [-0.1, -0.05) is 6.92 Å². The zero-order valence-electron chi connectivity index (χ0n) is 12.8. The molecule has 0 bridgehead atoms. The van der Waals surface area contributed by atoms with Crippen molar-refractivity contribution in [2.24, 2.45) is 5.92 Å². The second kappa shape index (κ2) is 8.19. The van der Waals surface area contributed by atoms with E-state index in [-0.39, 0.29) is 13.2 Å². The largest absolute Gasteiger partial charge is 0.480 e. The summed E-state index contributed by atoms with van der Waals surface area (Å²) in [5, 5.41) is 21.2. The normalized spacial score (nSPS) is 25.4. The highest BCUT2D eigenvalue weighted by atomic mass is 16.5. The van der Waals surface area contributed by atoms with E-state index in [2.05, 4.69) is 12.2 Å². The van der Waals surface area contributed by atoms with Crippen LogP contribution >= 0.6 is 0 Å². The van der Waals surface area contributed by atoms with Crippen molar-refractivity contribution < 1.29 is 24.5 Å². The summed E-state index contributed by atoms with van der Waals surface area (Å²) in [7, 11) is 1.52. The van der Waals surface area contributed by atoms with Gasteiger partial charge in [0.15, 0.2) is 0 Å². The number of carboxylic acid groups (broad SMARTS) is 1. The Kier molecular flexibility index (Phi) is 6.91. The predicted molar refractivity (Wildman–Crippen MR) is 77.1 cm³/mol. The van der Waals surface area contributed by atoms with Gasteiger partial charge < -0.3 is 25.2 Å². The number of carbonyl (C=O) groups excluding carboxylic acids is 1. The van der Waals surface area contributed by atoms with E-state index in [9.17, 15) is 14.7 Å². The van der Waals surface area contributed by atoms with Crippen molar-refractivity contribution in [1.29, 1.82) is 0 Å². The van der Waals surface area contributed by atoms with Crippen molar-refractivity contribution in [1.82, 2.24) is 10.2 Å². The summed E-state index contributed by atoms with van der Waals surface area (Å²) >= 11 is 0. The Bertz CT molecular complexity index is 353. The van der Waals surface area contributed by atoms with Gasteiger partial charge in [-0.3, -0.25) is 0 Å². The Morgan fingerprint density at radius 3 is 2.43 bits per heavy atom. The van der Waals surface area contributed by atoms with Crippen LogP contribution in [0.3, 0.4) is 0 Å². The Hall–Kier alpha value is -1.34. The third-order valence-electron chi connectivity index (χ3n) is 4.11. The number of urea groups is 1. The lowest BCUT2D eigenvalue weighted by molar-refractivity contribution is -0.146. The van der Waals surface area contributed by atoms with Crippen LogP contribution in [0.5, 0.6) is 0 Å². The van der Waals surface area contributed by atoms with E-state index >= 15 is 0 Å². The van der Waals surface area contributed by atoms with Crippen LogP contribution in [-0.4, -0.2) is 66.1 Å². The Labute approximate surface area is 125 Å². The molecule has 1 rings (SSSR count). The van der Waals surface area contributed by atoms with Crippen molar-refractivity contribution in [2.75, 3.05) is 33.4 Å². The molecule has 0 unspecified atom stereocenters. The molecule has 21 heavy (non-hydrogen) atoms. The SMILES string of the molecule is COCCN(CCO)C(=O)NC1(C(=O)O)CCC(C)CC1. The molecule has 0 radical (unpaired) electrons. The molecular formula is C14H26N2O5. The number of aliphatic hydroxyl groups is 1. The average molecular weight is 302 g/mol. The lowest BCUT2D eigenvalue weighted by atomic mass is 9.77. The third kappa shape index (κ3) is 4.86. The van der Waals surface area contributed by atoms with Gasteiger partial charge in [0.05, 0.1) is 13.2 Å². The summed E-state index contributed by atoms with van der Waals surface area (Å²) in [6.07, 6.45) is 2.44. The number of hydrogen-bond donors (Lipinski definition) is 3. The molecule has 1 aliphatic rings. The van der Waals surface area contributed by atoms with Gasteiger partial charge in [0.25, 0.3) is 0 Å². The zero-order valence-corrected chi connectivity index (χ0v) is 12.8. The molecule has 0 aromatic rings. The topological polar surface area (TPSA) is 99.1 Å². The number of nitrogens with one attached hydrogen (secondary N) is 1. The highest BCUT2D eigenvalue weighted by molar-refractivity contribution is 5.86. The van der Waals surface area contributed by atoms with Crippen molar-refractivity contribution >= 4 is 12.0 Å². The molecule has 2 amide bonds. The highest BCUT2D eigenvalue weighted by Gasteiger charge is 2.43. The van der Waals surface area contributed by atoms with Gasteiger partial charge in [-0.2, -0.15) is 0 Å². The van der Waals surface area contributed by atoms with Crippen LogP contribution in [0.4, 0.5) is 4.79 Å². The summed E-state index contributed by atoms with van der Waals surface area (Å²) < 4.78 is 4.93. The van der Waals surface area contributed by atoms with Gasteiger partial charge in [-0.05, 0) is 31.6 Å². The molecule has 1 fully saturated rings. The molecule has 1 aliphatic carbocycles. The van der Waals surface area contributed by atoms with Gasteiger partial charge in [0, 0.05) is 20.2 Å². The first-order valence-corrected chi connectivity index (χ1v) is 7.35. The maximum atomic E-state index is 12.3. The molecule has 0 atom stereocenters.